The van der Waals surface area contributed by atoms with Gasteiger partial charge in [0.25, 0.3) is 0 Å². The monoisotopic (exact) mass is 1060 g/mol. The Morgan fingerprint density at radius 3 is 1.29 bits per heavy atom. The normalized spacial score (nSPS) is 25.5. The van der Waals surface area contributed by atoms with Crippen LogP contribution in [0.4, 0.5) is 0 Å². The lowest BCUT2D eigenvalue weighted by Gasteiger charge is -2.42. The molecule has 2 saturated heterocycles. The van der Waals surface area contributed by atoms with Crippen LogP contribution in [0.25, 0.3) is 0 Å². The predicted molar refractivity (Wildman–Crippen MR) is 297 cm³/mol. The van der Waals surface area contributed by atoms with E-state index in [-0.39, 0.29) is 19.6 Å². The Bertz CT molecular complexity index is 1650. The van der Waals surface area contributed by atoms with E-state index in [9.17, 15) is 40.5 Å². The number of carbonyl (C=O) groups excluding carboxylic acids is 1. The van der Waals surface area contributed by atoms with E-state index < -0.39 is 86.7 Å². The van der Waals surface area contributed by atoms with Crippen molar-refractivity contribution in [3.05, 3.63) is 109 Å². The minimum atomic E-state index is -1.72. The molecular weight excluding hydrogens is 957 g/mol. The molecule has 75 heavy (non-hydrogen) atoms. The van der Waals surface area contributed by atoms with Gasteiger partial charge in [0.15, 0.2) is 12.6 Å². The number of ether oxygens (including phenoxy) is 6. The zero-order chi connectivity index (χ0) is 54.4. The van der Waals surface area contributed by atoms with E-state index in [1.807, 2.05) is 0 Å². The lowest BCUT2D eigenvalue weighted by atomic mass is 9.98. The summed E-state index contributed by atoms with van der Waals surface area (Å²) >= 11 is 0. The van der Waals surface area contributed by atoms with E-state index in [1.165, 1.54) is 6.42 Å². The van der Waals surface area contributed by atoms with Gasteiger partial charge in [0.1, 0.15) is 54.9 Å². The number of allylic oxidation sites excluding steroid dienone is 18. The fourth-order valence-electron chi connectivity index (χ4n) is 8.24. The second-order valence-corrected chi connectivity index (χ2v) is 19.3. The van der Waals surface area contributed by atoms with Crippen LogP contribution in [0.3, 0.4) is 0 Å². The van der Waals surface area contributed by atoms with Gasteiger partial charge >= 0.3 is 5.97 Å². The number of aliphatic hydroxyl groups excluding tert-OH is 7. The molecule has 0 aliphatic carbocycles. The number of hydrogen-bond acceptors (Lipinski definition) is 14. The van der Waals surface area contributed by atoms with Crippen molar-refractivity contribution in [3.63, 3.8) is 0 Å². The molecule has 0 bridgehead atoms. The van der Waals surface area contributed by atoms with Crippen molar-refractivity contribution in [1.82, 2.24) is 0 Å². The molecule has 0 aromatic carbocycles. The highest BCUT2D eigenvalue weighted by molar-refractivity contribution is 5.69. The molecule has 0 spiro atoms. The molecule has 0 saturated carbocycles. The lowest BCUT2D eigenvalue weighted by Crippen LogP contribution is -2.61. The zero-order valence-corrected chi connectivity index (χ0v) is 45.7. The van der Waals surface area contributed by atoms with Gasteiger partial charge in [-0.3, -0.25) is 4.79 Å². The van der Waals surface area contributed by atoms with Gasteiger partial charge in [0.2, 0.25) is 0 Å². The molecule has 14 heteroatoms. The van der Waals surface area contributed by atoms with Crippen LogP contribution < -0.4 is 0 Å². The maximum Gasteiger partial charge on any atom is 0.306 e. The molecule has 11 atom stereocenters. The number of unbranched alkanes of at least 4 members (excludes halogenated alkanes) is 12. The van der Waals surface area contributed by atoms with Crippen molar-refractivity contribution in [3.8, 4) is 0 Å². The van der Waals surface area contributed by atoms with E-state index in [1.54, 1.807) is 0 Å². The summed E-state index contributed by atoms with van der Waals surface area (Å²) in [5.41, 5.74) is 0. The molecule has 0 aromatic rings. The van der Waals surface area contributed by atoms with Crippen molar-refractivity contribution >= 4 is 5.97 Å². The van der Waals surface area contributed by atoms with Gasteiger partial charge in [-0.25, -0.2) is 0 Å². The van der Waals surface area contributed by atoms with Crippen molar-refractivity contribution in [1.29, 1.82) is 0 Å². The highest BCUT2D eigenvalue weighted by Gasteiger charge is 2.47. The van der Waals surface area contributed by atoms with Gasteiger partial charge < -0.3 is 64.2 Å². The third-order valence-corrected chi connectivity index (χ3v) is 12.8. The van der Waals surface area contributed by atoms with Gasteiger partial charge in [0.05, 0.1) is 26.4 Å². The molecule has 0 amide bonds. The van der Waals surface area contributed by atoms with Crippen LogP contribution in [0.2, 0.25) is 0 Å². The van der Waals surface area contributed by atoms with E-state index in [2.05, 4.69) is 123 Å². The largest absolute Gasteiger partial charge is 0.457 e. The van der Waals surface area contributed by atoms with Crippen molar-refractivity contribution in [2.24, 2.45) is 0 Å². The molecule has 2 aliphatic rings. The third kappa shape index (κ3) is 33.5. The summed E-state index contributed by atoms with van der Waals surface area (Å²) in [6, 6.07) is 0. The average Bonchev–Trinajstić information content (AvgIpc) is 3.41. The first-order chi connectivity index (χ1) is 36.6. The van der Waals surface area contributed by atoms with Crippen LogP contribution in [-0.2, 0) is 33.2 Å². The van der Waals surface area contributed by atoms with Gasteiger partial charge in [-0.1, -0.05) is 175 Å². The Kier molecular flexibility index (Phi) is 42.2. The van der Waals surface area contributed by atoms with Gasteiger partial charge in [-0.05, 0) is 96.3 Å². The van der Waals surface area contributed by atoms with E-state index in [0.717, 1.165) is 135 Å². The summed E-state index contributed by atoms with van der Waals surface area (Å²) in [7, 11) is 0. The molecule has 428 valence electrons. The Hall–Kier alpha value is -3.35. The summed E-state index contributed by atoms with van der Waals surface area (Å²) in [6.45, 7) is 3.38. The number of esters is 1. The first-order valence-electron chi connectivity index (χ1n) is 28.5. The molecule has 2 rings (SSSR count). The summed E-state index contributed by atoms with van der Waals surface area (Å²) in [6.07, 6.45) is 47.1. The Balaban J connectivity index is 1.74. The van der Waals surface area contributed by atoms with Crippen molar-refractivity contribution < 1.29 is 69.0 Å². The quantitative estimate of drug-likeness (QED) is 0.0172. The van der Waals surface area contributed by atoms with E-state index in [4.69, 9.17) is 28.4 Å². The third-order valence-electron chi connectivity index (χ3n) is 12.8. The second kappa shape index (κ2) is 46.7. The van der Waals surface area contributed by atoms with Crippen LogP contribution in [0.5, 0.6) is 0 Å². The Labute approximate surface area is 451 Å². The number of aliphatic hydroxyl groups is 7. The highest BCUT2D eigenvalue weighted by Crippen LogP contribution is 2.26. The summed E-state index contributed by atoms with van der Waals surface area (Å²) < 4.78 is 34.3. The first kappa shape index (κ1) is 67.8. The minimum Gasteiger partial charge on any atom is -0.457 e. The maximum atomic E-state index is 13.1. The van der Waals surface area contributed by atoms with Crippen LogP contribution in [0.15, 0.2) is 109 Å². The molecule has 2 fully saturated rings. The smallest absolute Gasteiger partial charge is 0.306 e. The topological polar surface area (TPSA) is 214 Å². The SMILES string of the molecule is CC/C=C\C/C=C\C/C=C\C/C=C\C/C=C\CCCCCCCCCC(=O)OC(COCCCCCCC/C=C\C/C=C\C/C=C\C/C=C\CC)COC1OC(COC2OC(CO)C(O)C(O)C2O)C(O)C(O)C1O. The highest BCUT2D eigenvalue weighted by atomic mass is 16.7. The second-order valence-electron chi connectivity index (χ2n) is 19.3. The van der Waals surface area contributed by atoms with Crippen LogP contribution >= 0.6 is 0 Å². The molecular formula is C61H100O14. The fraction of sp³-hybridized carbons (Fsp3) is 0.689. The molecule has 0 aromatic heterocycles. The summed E-state index contributed by atoms with van der Waals surface area (Å²) in [5.74, 6) is -0.399. The number of rotatable bonds is 44. The van der Waals surface area contributed by atoms with Crippen LogP contribution in [0, 0.1) is 0 Å². The minimum absolute atomic E-state index is 0.0365. The average molecular weight is 1060 g/mol. The maximum absolute atomic E-state index is 13.1. The van der Waals surface area contributed by atoms with E-state index in [0.29, 0.717) is 13.0 Å². The molecule has 7 N–H and O–H groups in total. The first-order valence-corrected chi connectivity index (χ1v) is 28.5. The van der Waals surface area contributed by atoms with E-state index >= 15 is 0 Å². The number of hydrogen-bond donors (Lipinski definition) is 7. The summed E-state index contributed by atoms with van der Waals surface area (Å²) in [5, 5.41) is 72.3. The number of carbonyl (C=O) groups is 1. The Morgan fingerprint density at radius 2 is 0.827 bits per heavy atom. The molecule has 2 aliphatic heterocycles. The van der Waals surface area contributed by atoms with Crippen molar-refractivity contribution in [2.75, 3.05) is 33.0 Å². The lowest BCUT2D eigenvalue weighted by molar-refractivity contribution is -0.332. The molecule has 14 nitrogen and oxygen atoms in total. The van der Waals surface area contributed by atoms with Crippen molar-refractivity contribution in [2.45, 2.75) is 235 Å². The van der Waals surface area contributed by atoms with Gasteiger partial charge in [-0.15, -0.1) is 0 Å². The Morgan fingerprint density at radius 1 is 0.440 bits per heavy atom. The summed E-state index contributed by atoms with van der Waals surface area (Å²) in [4.78, 5) is 13.1. The van der Waals surface area contributed by atoms with Gasteiger partial charge in [0, 0.05) is 13.0 Å². The fourth-order valence-corrected chi connectivity index (χ4v) is 8.24. The van der Waals surface area contributed by atoms with Crippen LogP contribution in [-0.4, -0.2) is 142 Å². The zero-order valence-electron chi connectivity index (χ0n) is 45.7. The van der Waals surface area contributed by atoms with Gasteiger partial charge in [-0.2, -0.15) is 0 Å². The molecule has 2 heterocycles. The predicted octanol–water partition coefficient (Wildman–Crippen LogP) is 9.96. The molecule has 11 unspecified atom stereocenters. The van der Waals surface area contributed by atoms with Crippen LogP contribution in [0.1, 0.15) is 168 Å². The molecule has 0 radical (unpaired) electrons. The standard InChI is InChI=1S/C61H100O14/c1-3-5-7-9-11-13-15-17-19-21-23-24-25-26-27-28-30-32-34-36-38-40-42-44-53(63)73-50(47-70-45-43-41-39-37-35-33-31-29-22-20-18-16-14-12-10-8-6-4-2)48-71-60-59(69)57(67)55(65)52(75-60)49-72-61-58(68)56(66)54(64)51(46-62)74-61/h5-8,11-14,17-20,23-24,26-27,29,31,50-52,54-62,64-69H,3-4,9-10,15-16,21-22,25,28,30,32-49H2,1-2H3/b7-5-,8-6-,13-11-,14-12-,19-17-,20-18-,24-23-,27-26-,31-29-.